The lowest BCUT2D eigenvalue weighted by Crippen LogP contribution is -2.25. The van der Waals surface area contributed by atoms with Gasteiger partial charge in [0.1, 0.15) is 10.6 Å². The third-order valence-electron chi connectivity index (χ3n) is 2.76. The minimum atomic E-state index is -0.110. The van der Waals surface area contributed by atoms with Crippen LogP contribution in [0.2, 0.25) is 0 Å². The number of carbonyl (C=O) groups is 1. The highest BCUT2D eigenvalue weighted by atomic mass is 32.1. The van der Waals surface area contributed by atoms with E-state index >= 15 is 0 Å². The van der Waals surface area contributed by atoms with E-state index in [-0.39, 0.29) is 5.91 Å². The highest BCUT2D eigenvalue weighted by Gasteiger charge is 2.09. The van der Waals surface area contributed by atoms with Crippen LogP contribution in [0, 0.1) is 0 Å². The third-order valence-corrected chi connectivity index (χ3v) is 3.69. The molecule has 0 bridgehead atoms. The van der Waals surface area contributed by atoms with Crippen molar-refractivity contribution in [3.05, 3.63) is 46.2 Å². The van der Waals surface area contributed by atoms with Gasteiger partial charge in [-0.2, -0.15) is 0 Å². The quantitative estimate of drug-likeness (QED) is 0.880. The molecule has 2 rings (SSSR count). The lowest BCUT2D eigenvalue weighted by atomic mass is 10.1. The summed E-state index contributed by atoms with van der Waals surface area (Å²) in [6, 6.07) is 9.54. The number of ether oxygens (including phenoxy) is 1. The van der Waals surface area contributed by atoms with Crippen molar-refractivity contribution in [2.45, 2.75) is 6.42 Å². The number of methoxy groups -OCH3 is 1. The second kappa shape index (κ2) is 6.24. The molecule has 1 aromatic carbocycles. The number of benzene rings is 1. The number of thiophene rings is 1. The number of nitrogen functional groups attached to an aromatic ring is 1. The molecule has 4 nitrogen and oxygen atoms in total. The van der Waals surface area contributed by atoms with Gasteiger partial charge in [0.15, 0.2) is 0 Å². The van der Waals surface area contributed by atoms with Crippen molar-refractivity contribution in [1.29, 1.82) is 0 Å². The van der Waals surface area contributed by atoms with E-state index < -0.39 is 0 Å². The van der Waals surface area contributed by atoms with Crippen LogP contribution in [0.15, 0.2) is 35.7 Å². The average molecular weight is 276 g/mol. The first kappa shape index (κ1) is 13.4. The van der Waals surface area contributed by atoms with Crippen molar-refractivity contribution >= 4 is 22.9 Å². The first-order chi connectivity index (χ1) is 9.20. The molecule has 0 unspecified atom stereocenters. The SMILES string of the molecule is COc1ccc(CCNC(=O)c2sccc2N)cc1. The molecule has 3 N–H and O–H groups in total. The van der Waals surface area contributed by atoms with E-state index in [4.69, 9.17) is 10.5 Å². The Morgan fingerprint density at radius 1 is 1.32 bits per heavy atom. The normalized spacial score (nSPS) is 10.2. The van der Waals surface area contributed by atoms with Crippen LogP contribution in [0.25, 0.3) is 0 Å². The van der Waals surface area contributed by atoms with Crippen molar-refractivity contribution in [2.75, 3.05) is 19.4 Å². The van der Waals surface area contributed by atoms with E-state index in [0.717, 1.165) is 17.7 Å². The second-order valence-corrected chi connectivity index (χ2v) is 4.98. The zero-order valence-electron chi connectivity index (χ0n) is 10.7. The van der Waals surface area contributed by atoms with E-state index in [2.05, 4.69) is 5.32 Å². The maximum Gasteiger partial charge on any atom is 0.263 e. The van der Waals surface area contributed by atoms with Crippen LogP contribution >= 0.6 is 11.3 Å². The van der Waals surface area contributed by atoms with E-state index in [1.807, 2.05) is 29.6 Å². The molecule has 1 amide bonds. The fourth-order valence-corrected chi connectivity index (χ4v) is 2.43. The van der Waals surface area contributed by atoms with Gasteiger partial charge in [0, 0.05) is 6.54 Å². The number of hydrogen-bond donors (Lipinski definition) is 2. The van der Waals surface area contributed by atoms with E-state index in [0.29, 0.717) is 17.1 Å². The summed E-state index contributed by atoms with van der Waals surface area (Å²) >= 11 is 1.36. The molecule has 1 aromatic heterocycles. The Morgan fingerprint density at radius 3 is 2.63 bits per heavy atom. The molecular formula is C14H16N2O2S. The Balaban J connectivity index is 1.83. The van der Waals surface area contributed by atoms with Crippen molar-refractivity contribution < 1.29 is 9.53 Å². The minimum Gasteiger partial charge on any atom is -0.497 e. The van der Waals surface area contributed by atoms with Crippen LogP contribution in [0.4, 0.5) is 5.69 Å². The Morgan fingerprint density at radius 2 is 2.05 bits per heavy atom. The van der Waals surface area contributed by atoms with Crippen molar-refractivity contribution in [3.63, 3.8) is 0 Å². The zero-order valence-corrected chi connectivity index (χ0v) is 11.5. The van der Waals surface area contributed by atoms with Gasteiger partial charge in [-0.25, -0.2) is 0 Å². The number of anilines is 1. The highest BCUT2D eigenvalue weighted by Crippen LogP contribution is 2.18. The molecule has 0 spiro atoms. The summed E-state index contributed by atoms with van der Waals surface area (Å²) in [7, 11) is 1.64. The number of amides is 1. The number of carbonyl (C=O) groups excluding carboxylic acids is 1. The van der Waals surface area contributed by atoms with Crippen LogP contribution in [0.5, 0.6) is 5.75 Å². The molecule has 0 aliphatic carbocycles. The Labute approximate surface area is 116 Å². The molecule has 0 aliphatic rings. The van der Waals surface area contributed by atoms with Crippen molar-refractivity contribution in [1.82, 2.24) is 5.32 Å². The van der Waals surface area contributed by atoms with Gasteiger partial charge in [-0.3, -0.25) is 4.79 Å². The predicted molar refractivity (Wildman–Crippen MR) is 77.8 cm³/mol. The van der Waals surface area contributed by atoms with Gasteiger partial charge in [-0.05, 0) is 35.6 Å². The summed E-state index contributed by atoms with van der Waals surface area (Å²) < 4.78 is 5.09. The molecular weight excluding hydrogens is 260 g/mol. The second-order valence-electron chi connectivity index (χ2n) is 4.06. The Hall–Kier alpha value is -2.01. The molecule has 100 valence electrons. The van der Waals surface area contributed by atoms with Crippen LogP contribution < -0.4 is 15.8 Å². The lowest BCUT2D eigenvalue weighted by molar-refractivity contribution is 0.0959. The standard InChI is InChI=1S/C14H16N2O2S/c1-18-11-4-2-10(3-5-11)6-8-16-14(17)13-12(15)7-9-19-13/h2-5,7,9H,6,8,15H2,1H3,(H,16,17). The monoisotopic (exact) mass is 276 g/mol. The number of nitrogens with two attached hydrogens (primary N) is 1. The summed E-state index contributed by atoms with van der Waals surface area (Å²) in [5, 5.41) is 4.68. The van der Waals surface area contributed by atoms with Crippen LogP contribution in [0.3, 0.4) is 0 Å². The molecule has 0 atom stereocenters. The molecule has 0 aliphatic heterocycles. The van der Waals surface area contributed by atoms with Gasteiger partial charge < -0.3 is 15.8 Å². The molecule has 1 heterocycles. The van der Waals surface area contributed by atoms with Crippen LogP contribution in [-0.4, -0.2) is 19.6 Å². The van der Waals surface area contributed by atoms with Crippen LogP contribution in [0.1, 0.15) is 15.2 Å². The average Bonchev–Trinajstić information content (AvgIpc) is 2.86. The predicted octanol–water partition coefficient (Wildman–Crippen LogP) is 2.31. The highest BCUT2D eigenvalue weighted by molar-refractivity contribution is 7.12. The van der Waals surface area contributed by atoms with Crippen molar-refractivity contribution in [2.24, 2.45) is 0 Å². The van der Waals surface area contributed by atoms with E-state index in [1.165, 1.54) is 11.3 Å². The van der Waals surface area contributed by atoms with Gasteiger partial charge in [0.05, 0.1) is 12.8 Å². The summed E-state index contributed by atoms with van der Waals surface area (Å²) in [6.45, 7) is 0.586. The topological polar surface area (TPSA) is 64.3 Å². The zero-order chi connectivity index (χ0) is 13.7. The molecule has 0 radical (unpaired) electrons. The van der Waals surface area contributed by atoms with Gasteiger partial charge in [0.25, 0.3) is 5.91 Å². The molecule has 2 aromatic rings. The van der Waals surface area contributed by atoms with E-state index in [9.17, 15) is 4.79 Å². The molecule has 19 heavy (non-hydrogen) atoms. The van der Waals surface area contributed by atoms with Gasteiger partial charge in [-0.1, -0.05) is 12.1 Å². The molecule has 0 saturated heterocycles. The van der Waals surface area contributed by atoms with Gasteiger partial charge in [-0.15, -0.1) is 11.3 Å². The number of rotatable bonds is 5. The number of hydrogen-bond acceptors (Lipinski definition) is 4. The van der Waals surface area contributed by atoms with E-state index in [1.54, 1.807) is 13.2 Å². The summed E-state index contributed by atoms with van der Waals surface area (Å²) in [5.74, 6) is 0.722. The van der Waals surface area contributed by atoms with Gasteiger partial charge in [0.2, 0.25) is 0 Å². The maximum atomic E-state index is 11.8. The molecule has 0 saturated carbocycles. The van der Waals surface area contributed by atoms with Crippen molar-refractivity contribution in [3.8, 4) is 5.75 Å². The molecule has 5 heteroatoms. The van der Waals surface area contributed by atoms with Gasteiger partial charge >= 0.3 is 0 Å². The maximum absolute atomic E-state index is 11.8. The Bertz CT molecular complexity index is 549. The number of nitrogens with one attached hydrogen (secondary N) is 1. The summed E-state index contributed by atoms with van der Waals surface area (Å²) in [4.78, 5) is 12.4. The summed E-state index contributed by atoms with van der Waals surface area (Å²) in [6.07, 6.45) is 0.779. The fourth-order valence-electron chi connectivity index (χ4n) is 1.70. The smallest absolute Gasteiger partial charge is 0.263 e. The first-order valence-corrected chi connectivity index (χ1v) is 6.83. The molecule has 0 fully saturated rings. The summed E-state index contributed by atoms with van der Waals surface area (Å²) in [5.41, 5.74) is 7.38. The lowest BCUT2D eigenvalue weighted by Gasteiger charge is -2.05. The Kier molecular flexibility index (Phi) is 4.41. The largest absolute Gasteiger partial charge is 0.497 e. The van der Waals surface area contributed by atoms with Crippen LogP contribution in [-0.2, 0) is 6.42 Å². The third kappa shape index (κ3) is 3.48. The minimum absolute atomic E-state index is 0.110. The first-order valence-electron chi connectivity index (χ1n) is 5.95. The fraction of sp³-hybridized carbons (Fsp3) is 0.214.